The lowest BCUT2D eigenvalue weighted by Crippen LogP contribution is -2.69. The lowest BCUT2D eigenvalue weighted by atomic mass is 9.76. The average Bonchev–Trinajstić information content (AvgIpc) is 3.37. The van der Waals surface area contributed by atoms with Crippen molar-refractivity contribution in [2.45, 2.75) is 263 Å². The van der Waals surface area contributed by atoms with Crippen molar-refractivity contribution in [3.8, 4) is 0 Å². The summed E-state index contributed by atoms with van der Waals surface area (Å²) in [6.07, 6.45) is -2.96. The fourth-order valence-electron chi connectivity index (χ4n) is 14.0. The summed E-state index contributed by atoms with van der Waals surface area (Å²) in [5, 5.41) is 11.8. The Morgan fingerprint density at radius 1 is 0.623 bits per heavy atom. The van der Waals surface area contributed by atoms with Crippen LogP contribution in [0.3, 0.4) is 0 Å². The Labute approximate surface area is 403 Å². The zero-order valence-corrected chi connectivity index (χ0v) is 41.1. The monoisotopic (exact) mass is 1020 g/mol. The second-order valence-corrected chi connectivity index (χ2v) is 24.4. The predicted octanol–water partition coefficient (Wildman–Crippen LogP) is 2.57. The third-order valence-electron chi connectivity index (χ3n) is 17.4. The number of Topliss-reactive ketones (excluding diaryl/α,β-unsaturated/α-hetero) is 1. The Morgan fingerprint density at radius 2 is 1.13 bits per heavy atom. The number of hydrogen-bond acceptors (Lipinski definition) is 19. The van der Waals surface area contributed by atoms with Crippen molar-refractivity contribution < 1.29 is 96.3 Å². The minimum absolute atomic E-state index is 0.00802. The minimum Gasteiger partial charge on any atom is -0.387 e. The third-order valence-corrected chi connectivity index (χ3v) is 18.4. The van der Waals surface area contributed by atoms with Crippen molar-refractivity contribution in [3.63, 3.8) is 0 Å². The van der Waals surface area contributed by atoms with Crippen LogP contribution in [0.1, 0.15) is 118 Å². The number of hydrogen-bond donors (Lipinski definition) is 3. The van der Waals surface area contributed by atoms with Crippen LogP contribution in [-0.2, 0) is 86.1 Å². The number of fused-ring (bicyclic) bond motifs is 10. The molecule has 0 aromatic rings. The van der Waals surface area contributed by atoms with E-state index >= 15 is 0 Å². The van der Waals surface area contributed by atoms with Gasteiger partial charge in [0, 0.05) is 51.4 Å². The van der Waals surface area contributed by atoms with Crippen LogP contribution in [0, 0.1) is 0 Å². The number of rotatable bonds is 7. The lowest BCUT2D eigenvalue weighted by molar-refractivity contribution is -0.343. The van der Waals surface area contributed by atoms with Crippen molar-refractivity contribution in [1.82, 2.24) is 0 Å². The molecule has 0 aliphatic carbocycles. The topological polar surface area (TPSA) is 266 Å². The van der Waals surface area contributed by atoms with Gasteiger partial charge in [0.05, 0.1) is 121 Å². The summed E-state index contributed by atoms with van der Waals surface area (Å²) in [6.45, 7) is 10.9. The maximum atomic E-state index is 12.3. The van der Waals surface area contributed by atoms with Gasteiger partial charge in [-0.3, -0.25) is 13.9 Å². The molecule has 69 heavy (non-hydrogen) atoms. The SMILES string of the molecule is C=C1CC2OC3C(CC2OC1C(C)=O)OC1CC2OC4CC5OC6CC7OC8CC9OC(C)(CCOS(=O)(=O)O)C(OS(=O)(=O)O)CC9OC8CC7OC6CCC5(C)OC4(C)CCCC2OC1C3O. The highest BCUT2D eigenvalue weighted by Gasteiger charge is 2.62. The van der Waals surface area contributed by atoms with Crippen LogP contribution in [0.2, 0.25) is 0 Å². The molecule has 390 valence electrons. The van der Waals surface area contributed by atoms with Gasteiger partial charge in [0.15, 0.2) is 5.78 Å². The summed E-state index contributed by atoms with van der Waals surface area (Å²) in [4.78, 5) is 12.3. The van der Waals surface area contributed by atoms with E-state index in [4.69, 9.17) is 60.8 Å². The van der Waals surface area contributed by atoms with Gasteiger partial charge in [-0.2, -0.15) is 16.8 Å². The van der Waals surface area contributed by atoms with Gasteiger partial charge in [0.2, 0.25) is 0 Å². The van der Waals surface area contributed by atoms with Crippen molar-refractivity contribution in [2.24, 2.45) is 0 Å². The van der Waals surface area contributed by atoms with E-state index in [-0.39, 0.29) is 79.7 Å². The molecule has 11 aliphatic heterocycles. The van der Waals surface area contributed by atoms with Gasteiger partial charge >= 0.3 is 20.8 Å². The first-order valence-electron chi connectivity index (χ1n) is 24.9. The molecule has 0 spiro atoms. The Morgan fingerprint density at radius 3 is 1.74 bits per heavy atom. The van der Waals surface area contributed by atoms with Gasteiger partial charge in [-0.25, -0.2) is 8.37 Å². The van der Waals surface area contributed by atoms with E-state index in [1.807, 2.05) is 0 Å². The maximum Gasteiger partial charge on any atom is 0.397 e. The van der Waals surface area contributed by atoms with Crippen molar-refractivity contribution in [2.75, 3.05) is 6.61 Å². The zero-order chi connectivity index (χ0) is 48.6. The molecule has 3 N–H and O–H groups in total. The Bertz CT molecular complexity index is 2200. The number of ketones is 1. The van der Waals surface area contributed by atoms with Gasteiger partial charge in [-0.05, 0) is 71.8 Å². The lowest BCUT2D eigenvalue weighted by Gasteiger charge is -2.57. The van der Waals surface area contributed by atoms with Gasteiger partial charge in [-0.15, -0.1) is 0 Å². The van der Waals surface area contributed by atoms with Crippen LogP contribution < -0.4 is 0 Å². The largest absolute Gasteiger partial charge is 0.397 e. The highest BCUT2D eigenvalue weighted by molar-refractivity contribution is 7.81. The standard InChI is InChI=1S/C46H68O21S2/c1-21-13-25-32(63-41(21)22(2)47)18-36-43(64-25)40(48)42-35(59-36)17-27-23(62-42)7-6-9-45(4)37(61-27)20-38-46(5,67-45)10-8-24-26(60-38)14-29-28(56-24)15-30-31(57-29)16-34-33(58-30)19-39(66-69(52,53)54)44(3,65-34)11-12-55-68(49,50)51/h23-43,48H,1,6-20H2,2-5H3,(H,49,50,51)(H,52,53,54). The smallest absolute Gasteiger partial charge is 0.387 e. The number of ether oxygens (including phenoxy) is 11. The molecule has 0 amide bonds. The summed E-state index contributed by atoms with van der Waals surface area (Å²) in [5.74, 6) is -0.0940. The van der Waals surface area contributed by atoms with E-state index < -0.39 is 111 Å². The predicted molar refractivity (Wildman–Crippen MR) is 234 cm³/mol. The van der Waals surface area contributed by atoms with E-state index in [1.54, 1.807) is 0 Å². The van der Waals surface area contributed by atoms with E-state index in [0.29, 0.717) is 63.4 Å². The van der Waals surface area contributed by atoms with E-state index in [0.717, 1.165) is 19.3 Å². The molecule has 23 heteroatoms. The van der Waals surface area contributed by atoms with E-state index in [1.165, 1.54) is 13.8 Å². The van der Waals surface area contributed by atoms with Crippen LogP contribution in [-0.4, -0.2) is 188 Å². The number of carbonyl (C=O) groups is 1. The van der Waals surface area contributed by atoms with Crippen LogP contribution in [0.15, 0.2) is 12.2 Å². The maximum absolute atomic E-state index is 12.3. The molecule has 11 saturated heterocycles. The molecular formula is C46H68O21S2. The van der Waals surface area contributed by atoms with Crippen molar-refractivity contribution in [3.05, 3.63) is 12.2 Å². The zero-order valence-electron chi connectivity index (χ0n) is 39.4. The number of aliphatic hydroxyl groups excluding tert-OH is 1. The molecule has 24 unspecified atom stereocenters. The Balaban J connectivity index is 0.743. The molecule has 0 radical (unpaired) electrons. The molecule has 21 nitrogen and oxygen atoms in total. The molecule has 11 rings (SSSR count). The molecule has 11 aliphatic rings. The Hall–Kier alpha value is -1.33. The van der Waals surface area contributed by atoms with Crippen LogP contribution >= 0.6 is 0 Å². The van der Waals surface area contributed by atoms with Gasteiger partial charge < -0.3 is 57.2 Å². The molecule has 0 saturated carbocycles. The Kier molecular flexibility index (Phi) is 13.2. The summed E-state index contributed by atoms with van der Waals surface area (Å²) in [5.41, 5.74) is -2.00. The summed E-state index contributed by atoms with van der Waals surface area (Å²) < 4.78 is 149. The molecule has 0 aromatic heterocycles. The van der Waals surface area contributed by atoms with Gasteiger partial charge in [-0.1, -0.05) is 6.58 Å². The van der Waals surface area contributed by atoms with Gasteiger partial charge in [0.1, 0.15) is 30.5 Å². The molecule has 11 fully saturated rings. The van der Waals surface area contributed by atoms with E-state index in [2.05, 4.69) is 24.6 Å². The van der Waals surface area contributed by atoms with Crippen LogP contribution in [0.5, 0.6) is 0 Å². The quantitative estimate of drug-likeness (QED) is 0.244. The molecular weight excluding hydrogens is 953 g/mol. The first kappa shape index (κ1) is 49.9. The third kappa shape index (κ3) is 9.69. The molecule has 24 atom stereocenters. The fourth-order valence-corrected chi connectivity index (χ4v) is 14.8. The van der Waals surface area contributed by atoms with Crippen molar-refractivity contribution >= 4 is 26.6 Å². The average molecular weight is 1020 g/mol. The normalized spacial score (nSPS) is 52.9. The van der Waals surface area contributed by atoms with Crippen molar-refractivity contribution in [1.29, 1.82) is 0 Å². The minimum atomic E-state index is -4.93. The summed E-state index contributed by atoms with van der Waals surface area (Å²) in [7, 11) is -9.71. The number of aliphatic hydroxyl groups is 1. The molecule has 0 bridgehead atoms. The fraction of sp³-hybridized carbons (Fsp3) is 0.935. The summed E-state index contributed by atoms with van der Waals surface area (Å²) in [6, 6.07) is 0. The van der Waals surface area contributed by atoms with Crippen LogP contribution in [0.4, 0.5) is 0 Å². The first-order valence-corrected chi connectivity index (χ1v) is 27.7. The summed E-state index contributed by atoms with van der Waals surface area (Å²) >= 11 is 0. The first-order chi connectivity index (χ1) is 32.5. The number of carbonyl (C=O) groups excluding carboxylic acids is 1. The second kappa shape index (κ2) is 18.2. The highest BCUT2D eigenvalue weighted by atomic mass is 32.3. The van der Waals surface area contributed by atoms with Gasteiger partial charge in [0.25, 0.3) is 0 Å². The second-order valence-electron chi connectivity index (χ2n) is 22.3. The molecule has 0 aromatic carbocycles. The molecule has 11 heterocycles. The van der Waals surface area contributed by atoms with E-state index in [9.17, 15) is 31.3 Å². The highest BCUT2D eigenvalue weighted by Crippen LogP contribution is 2.52. The van der Waals surface area contributed by atoms with Crippen LogP contribution in [0.25, 0.3) is 0 Å².